The first-order valence-electron chi connectivity index (χ1n) is 9.67. The molecule has 0 bridgehead atoms. The molecule has 3 rings (SSSR count). The smallest absolute Gasteiger partial charge is 0.247 e. The number of imide groups is 1. The molecular weight excluding hydrogens is 404 g/mol. The number of rotatable bonds is 9. The number of hydrogen-bond donors (Lipinski definition) is 1. The molecule has 0 spiro atoms. The normalized spacial score (nSPS) is 15.9. The van der Waals surface area contributed by atoms with Crippen LogP contribution in [-0.4, -0.2) is 42.4 Å². The van der Waals surface area contributed by atoms with E-state index in [0.717, 1.165) is 0 Å². The molecule has 7 nitrogen and oxygen atoms in total. The van der Waals surface area contributed by atoms with Gasteiger partial charge in [0.1, 0.15) is 11.5 Å². The van der Waals surface area contributed by atoms with Crippen molar-refractivity contribution in [3.63, 3.8) is 0 Å². The lowest BCUT2D eigenvalue weighted by Crippen LogP contribution is -2.31. The summed E-state index contributed by atoms with van der Waals surface area (Å²) < 4.78 is 10.5. The third-order valence-electron chi connectivity index (χ3n) is 4.51. The molecule has 0 saturated carbocycles. The molecule has 0 unspecified atom stereocenters. The SMILES string of the molecule is CCOc1ccc(N2C(=O)C[C@H](SCCC(=O)Nc3cccc(OC)c3)C2=O)cc1. The van der Waals surface area contributed by atoms with Gasteiger partial charge in [-0.1, -0.05) is 6.07 Å². The summed E-state index contributed by atoms with van der Waals surface area (Å²) in [7, 11) is 1.56. The maximum atomic E-state index is 12.7. The molecule has 1 atom stereocenters. The topological polar surface area (TPSA) is 84.9 Å². The number of ether oxygens (including phenoxy) is 2. The van der Waals surface area contributed by atoms with Gasteiger partial charge in [-0.25, -0.2) is 4.90 Å². The first-order valence-corrected chi connectivity index (χ1v) is 10.7. The summed E-state index contributed by atoms with van der Waals surface area (Å²) >= 11 is 1.33. The largest absolute Gasteiger partial charge is 0.497 e. The number of carbonyl (C=O) groups excluding carboxylic acids is 3. The van der Waals surface area contributed by atoms with Gasteiger partial charge in [-0.05, 0) is 43.3 Å². The summed E-state index contributed by atoms with van der Waals surface area (Å²) in [6.07, 6.45) is 0.372. The van der Waals surface area contributed by atoms with E-state index in [2.05, 4.69) is 5.32 Å². The van der Waals surface area contributed by atoms with E-state index >= 15 is 0 Å². The number of methoxy groups -OCH3 is 1. The van der Waals surface area contributed by atoms with E-state index in [4.69, 9.17) is 9.47 Å². The van der Waals surface area contributed by atoms with Crippen molar-refractivity contribution in [2.24, 2.45) is 0 Å². The molecule has 1 N–H and O–H groups in total. The highest BCUT2D eigenvalue weighted by atomic mass is 32.2. The van der Waals surface area contributed by atoms with Gasteiger partial charge < -0.3 is 14.8 Å². The molecule has 2 aromatic rings. The number of hydrogen-bond acceptors (Lipinski definition) is 6. The quantitative estimate of drug-likeness (QED) is 0.616. The van der Waals surface area contributed by atoms with Gasteiger partial charge >= 0.3 is 0 Å². The Labute approximate surface area is 179 Å². The van der Waals surface area contributed by atoms with E-state index in [1.165, 1.54) is 16.7 Å². The number of nitrogens with one attached hydrogen (secondary N) is 1. The molecule has 3 amide bonds. The average molecular weight is 429 g/mol. The molecule has 30 heavy (non-hydrogen) atoms. The predicted molar refractivity (Wildman–Crippen MR) is 117 cm³/mol. The average Bonchev–Trinajstić information content (AvgIpc) is 3.02. The van der Waals surface area contributed by atoms with Crippen molar-refractivity contribution in [2.45, 2.75) is 25.0 Å². The number of anilines is 2. The Kier molecular flexibility index (Phi) is 7.35. The number of benzene rings is 2. The van der Waals surface area contributed by atoms with Crippen LogP contribution >= 0.6 is 11.8 Å². The minimum Gasteiger partial charge on any atom is -0.497 e. The molecule has 2 aromatic carbocycles. The van der Waals surface area contributed by atoms with Gasteiger partial charge in [0.25, 0.3) is 0 Å². The van der Waals surface area contributed by atoms with Crippen molar-refractivity contribution in [2.75, 3.05) is 29.7 Å². The molecule has 8 heteroatoms. The summed E-state index contributed by atoms with van der Waals surface area (Å²) in [5, 5.41) is 2.33. The Morgan fingerprint density at radius 3 is 2.63 bits per heavy atom. The van der Waals surface area contributed by atoms with Crippen LogP contribution in [0.15, 0.2) is 48.5 Å². The van der Waals surface area contributed by atoms with Crippen LogP contribution < -0.4 is 19.7 Å². The van der Waals surface area contributed by atoms with Crippen LogP contribution in [0.5, 0.6) is 11.5 Å². The van der Waals surface area contributed by atoms with Crippen LogP contribution in [0.4, 0.5) is 11.4 Å². The van der Waals surface area contributed by atoms with Gasteiger partial charge in [0, 0.05) is 30.3 Å². The molecule has 0 aromatic heterocycles. The van der Waals surface area contributed by atoms with E-state index in [9.17, 15) is 14.4 Å². The van der Waals surface area contributed by atoms with Gasteiger partial charge in [-0.3, -0.25) is 14.4 Å². The molecule has 1 aliphatic rings. The highest BCUT2D eigenvalue weighted by Gasteiger charge is 2.39. The molecule has 1 fully saturated rings. The van der Waals surface area contributed by atoms with E-state index < -0.39 is 5.25 Å². The number of thioether (sulfide) groups is 1. The minimum atomic E-state index is -0.478. The van der Waals surface area contributed by atoms with E-state index in [1.54, 1.807) is 55.6 Å². The summed E-state index contributed by atoms with van der Waals surface area (Å²) in [5.74, 6) is 1.15. The first-order chi connectivity index (χ1) is 14.5. The zero-order chi connectivity index (χ0) is 21.5. The highest BCUT2D eigenvalue weighted by molar-refractivity contribution is 8.00. The molecule has 1 saturated heterocycles. The van der Waals surface area contributed by atoms with Crippen molar-refractivity contribution < 1.29 is 23.9 Å². The lowest BCUT2D eigenvalue weighted by Gasteiger charge is -2.15. The Morgan fingerprint density at radius 2 is 1.93 bits per heavy atom. The fraction of sp³-hybridized carbons (Fsp3) is 0.318. The van der Waals surface area contributed by atoms with E-state index in [0.29, 0.717) is 35.2 Å². The van der Waals surface area contributed by atoms with Crippen molar-refractivity contribution in [3.05, 3.63) is 48.5 Å². The number of nitrogens with zero attached hydrogens (tertiary/aromatic N) is 1. The van der Waals surface area contributed by atoms with Crippen molar-refractivity contribution in [3.8, 4) is 11.5 Å². The van der Waals surface area contributed by atoms with Gasteiger partial charge in [0.2, 0.25) is 17.7 Å². The fourth-order valence-corrected chi connectivity index (χ4v) is 4.18. The van der Waals surface area contributed by atoms with Crippen molar-refractivity contribution in [1.29, 1.82) is 0 Å². The van der Waals surface area contributed by atoms with Crippen LogP contribution in [0.2, 0.25) is 0 Å². The summed E-state index contributed by atoms with van der Waals surface area (Å²) in [4.78, 5) is 38.5. The second-order valence-corrected chi connectivity index (χ2v) is 7.90. The monoisotopic (exact) mass is 428 g/mol. The third-order valence-corrected chi connectivity index (χ3v) is 5.72. The van der Waals surface area contributed by atoms with Crippen molar-refractivity contribution in [1.82, 2.24) is 0 Å². The predicted octanol–water partition coefficient (Wildman–Crippen LogP) is 3.49. The van der Waals surface area contributed by atoms with Crippen molar-refractivity contribution >= 4 is 40.9 Å². The second kappa shape index (κ2) is 10.2. The zero-order valence-corrected chi connectivity index (χ0v) is 17.7. The first kappa shape index (κ1) is 21.7. The lowest BCUT2D eigenvalue weighted by atomic mass is 10.3. The number of amides is 3. The van der Waals surface area contributed by atoms with Gasteiger partial charge in [0.05, 0.1) is 24.7 Å². The standard InChI is InChI=1S/C22H24N2O5S/c1-3-29-17-9-7-16(8-10-17)24-21(26)14-19(22(24)27)30-12-11-20(25)23-15-5-4-6-18(13-15)28-2/h4-10,13,19H,3,11-12,14H2,1-2H3,(H,23,25)/t19-/m0/s1. The molecule has 1 heterocycles. The molecule has 0 aliphatic carbocycles. The number of carbonyl (C=O) groups is 3. The van der Waals surface area contributed by atoms with Gasteiger partial charge in [0.15, 0.2) is 0 Å². The molecular formula is C22H24N2O5S. The van der Waals surface area contributed by atoms with E-state index in [1.807, 2.05) is 6.92 Å². The maximum Gasteiger partial charge on any atom is 0.247 e. The molecule has 1 aliphatic heterocycles. The van der Waals surface area contributed by atoms with Crippen LogP contribution in [0.1, 0.15) is 19.8 Å². The Balaban J connectivity index is 1.50. The Bertz CT molecular complexity index is 916. The van der Waals surface area contributed by atoms with Crippen LogP contribution in [-0.2, 0) is 14.4 Å². The van der Waals surface area contributed by atoms with Crippen LogP contribution in [0.3, 0.4) is 0 Å². The highest BCUT2D eigenvalue weighted by Crippen LogP contribution is 2.31. The van der Waals surface area contributed by atoms with Crippen LogP contribution in [0.25, 0.3) is 0 Å². The van der Waals surface area contributed by atoms with Gasteiger partial charge in [-0.2, -0.15) is 0 Å². The second-order valence-electron chi connectivity index (χ2n) is 6.59. The zero-order valence-electron chi connectivity index (χ0n) is 16.9. The Hall–Kier alpha value is -3.00. The van der Waals surface area contributed by atoms with E-state index in [-0.39, 0.29) is 30.6 Å². The minimum absolute atomic E-state index is 0.133. The van der Waals surface area contributed by atoms with Gasteiger partial charge in [-0.15, -0.1) is 11.8 Å². The lowest BCUT2D eigenvalue weighted by molar-refractivity contribution is -0.121. The summed E-state index contributed by atoms with van der Waals surface area (Å²) in [6.45, 7) is 2.44. The summed E-state index contributed by atoms with van der Waals surface area (Å²) in [5.41, 5.74) is 1.19. The van der Waals surface area contributed by atoms with Crippen LogP contribution in [0, 0.1) is 0 Å². The fourth-order valence-electron chi connectivity index (χ4n) is 3.08. The Morgan fingerprint density at radius 1 is 1.17 bits per heavy atom. The molecule has 158 valence electrons. The maximum absolute atomic E-state index is 12.7. The third kappa shape index (κ3) is 5.33. The summed E-state index contributed by atoms with van der Waals surface area (Å²) in [6, 6.07) is 14.0. The molecule has 0 radical (unpaired) electrons.